The number of carbonyl (C=O) groups is 1. The number of hydrogen-bond donors (Lipinski definition) is 2. The first-order valence-corrected chi connectivity index (χ1v) is 4.72. The second kappa shape index (κ2) is 4.02. The number of carboxylic acids is 1. The van der Waals surface area contributed by atoms with Crippen LogP contribution in [0.25, 0.3) is 11.1 Å². The Balaban J connectivity index is 2.48. The zero-order valence-corrected chi connectivity index (χ0v) is 8.42. The van der Waals surface area contributed by atoms with Crippen molar-refractivity contribution in [2.24, 2.45) is 0 Å². The van der Waals surface area contributed by atoms with Crippen molar-refractivity contribution in [1.82, 2.24) is 4.98 Å². The van der Waals surface area contributed by atoms with Crippen molar-refractivity contribution in [3.05, 3.63) is 48.2 Å². The summed E-state index contributed by atoms with van der Waals surface area (Å²) in [4.78, 5) is 14.7. The molecule has 0 amide bonds. The summed E-state index contributed by atoms with van der Waals surface area (Å²) < 4.78 is 0. The van der Waals surface area contributed by atoms with E-state index in [2.05, 4.69) is 4.98 Å². The number of nitrogens with zero attached hydrogens (tertiary/aromatic N) is 1. The number of rotatable bonds is 2. The molecule has 0 atom stereocenters. The van der Waals surface area contributed by atoms with Crippen molar-refractivity contribution in [3.63, 3.8) is 0 Å². The van der Waals surface area contributed by atoms with E-state index >= 15 is 0 Å². The van der Waals surface area contributed by atoms with Crippen LogP contribution >= 0.6 is 0 Å². The highest BCUT2D eigenvalue weighted by Crippen LogP contribution is 2.21. The summed E-state index contributed by atoms with van der Waals surface area (Å²) in [7, 11) is 0. The van der Waals surface area contributed by atoms with Crippen LogP contribution in [0.3, 0.4) is 0 Å². The zero-order valence-electron chi connectivity index (χ0n) is 8.42. The van der Waals surface area contributed by atoms with Crippen molar-refractivity contribution in [2.75, 3.05) is 5.73 Å². The third kappa shape index (κ3) is 2.00. The molecule has 0 unspecified atom stereocenters. The van der Waals surface area contributed by atoms with Crippen molar-refractivity contribution in [2.45, 2.75) is 0 Å². The minimum atomic E-state index is -0.941. The van der Waals surface area contributed by atoms with Gasteiger partial charge in [-0.1, -0.05) is 12.1 Å². The second-order valence-corrected chi connectivity index (χ2v) is 3.36. The Morgan fingerprint density at radius 1 is 1.19 bits per heavy atom. The maximum absolute atomic E-state index is 10.8. The molecule has 4 nitrogen and oxygen atoms in total. The molecule has 1 heterocycles. The summed E-state index contributed by atoms with van der Waals surface area (Å²) in [6, 6.07) is 10.2. The molecule has 1 aromatic carbocycles. The minimum absolute atomic E-state index is 0.257. The third-order valence-corrected chi connectivity index (χ3v) is 2.22. The van der Waals surface area contributed by atoms with Crippen molar-refractivity contribution in [1.29, 1.82) is 0 Å². The SMILES string of the molecule is Nc1cc(-c2cccc(C(=O)O)c2)ccn1. The summed E-state index contributed by atoms with van der Waals surface area (Å²) in [6.45, 7) is 0. The molecule has 0 saturated carbocycles. The molecule has 0 aliphatic carbocycles. The highest BCUT2D eigenvalue weighted by atomic mass is 16.4. The van der Waals surface area contributed by atoms with Gasteiger partial charge >= 0.3 is 5.97 Å². The Morgan fingerprint density at radius 2 is 1.94 bits per heavy atom. The molecule has 0 aliphatic rings. The molecular formula is C12H10N2O2. The molecule has 16 heavy (non-hydrogen) atoms. The normalized spacial score (nSPS) is 10.0. The lowest BCUT2D eigenvalue weighted by Gasteiger charge is -2.03. The van der Waals surface area contributed by atoms with Gasteiger partial charge in [0.2, 0.25) is 0 Å². The fourth-order valence-corrected chi connectivity index (χ4v) is 1.46. The predicted molar refractivity (Wildman–Crippen MR) is 61.0 cm³/mol. The summed E-state index contributed by atoms with van der Waals surface area (Å²) in [6.07, 6.45) is 1.60. The van der Waals surface area contributed by atoms with Crippen LogP contribution < -0.4 is 5.73 Å². The third-order valence-electron chi connectivity index (χ3n) is 2.22. The van der Waals surface area contributed by atoms with Crippen LogP contribution in [0.4, 0.5) is 5.82 Å². The van der Waals surface area contributed by atoms with E-state index in [-0.39, 0.29) is 5.56 Å². The van der Waals surface area contributed by atoms with Crippen LogP contribution in [-0.2, 0) is 0 Å². The van der Waals surface area contributed by atoms with Crippen LogP contribution in [0.5, 0.6) is 0 Å². The lowest BCUT2D eigenvalue weighted by molar-refractivity contribution is 0.0697. The highest BCUT2D eigenvalue weighted by Gasteiger charge is 2.04. The van der Waals surface area contributed by atoms with Gasteiger partial charge in [-0.2, -0.15) is 0 Å². The van der Waals surface area contributed by atoms with E-state index < -0.39 is 5.97 Å². The molecule has 0 radical (unpaired) electrons. The smallest absolute Gasteiger partial charge is 0.335 e. The Labute approximate surface area is 92.4 Å². The average Bonchev–Trinajstić information content (AvgIpc) is 2.29. The molecule has 4 heteroatoms. The van der Waals surface area contributed by atoms with Gasteiger partial charge in [0.15, 0.2) is 0 Å². The monoisotopic (exact) mass is 214 g/mol. The first-order valence-electron chi connectivity index (χ1n) is 4.72. The van der Waals surface area contributed by atoms with E-state index in [1.165, 1.54) is 0 Å². The Kier molecular flexibility index (Phi) is 2.55. The maximum Gasteiger partial charge on any atom is 0.335 e. The molecule has 3 N–H and O–H groups in total. The van der Waals surface area contributed by atoms with Gasteiger partial charge in [0, 0.05) is 6.20 Å². The number of carboxylic acid groups (broad SMARTS) is 1. The molecule has 0 aliphatic heterocycles. The predicted octanol–water partition coefficient (Wildman–Crippen LogP) is 2.03. The van der Waals surface area contributed by atoms with Crippen LogP contribution in [0, 0.1) is 0 Å². The van der Waals surface area contributed by atoms with Crippen LogP contribution in [0.1, 0.15) is 10.4 Å². The number of aromatic nitrogens is 1. The standard InChI is InChI=1S/C12H10N2O2/c13-11-7-9(4-5-14-11)8-2-1-3-10(6-8)12(15)16/h1-7H,(H2,13,14)(H,15,16). The lowest BCUT2D eigenvalue weighted by atomic mass is 10.0. The number of aromatic carboxylic acids is 1. The summed E-state index contributed by atoms with van der Waals surface area (Å²) in [5.41, 5.74) is 7.49. The molecule has 2 rings (SSSR count). The van der Waals surface area contributed by atoms with E-state index in [4.69, 9.17) is 10.8 Å². The van der Waals surface area contributed by atoms with Gasteiger partial charge in [-0.3, -0.25) is 0 Å². The number of benzene rings is 1. The lowest BCUT2D eigenvalue weighted by Crippen LogP contribution is -1.96. The molecule has 0 saturated heterocycles. The van der Waals surface area contributed by atoms with Gasteiger partial charge in [-0.15, -0.1) is 0 Å². The van der Waals surface area contributed by atoms with Gasteiger partial charge in [0.25, 0.3) is 0 Å². The molecule has 1 aromatic heterocycles. The van der Waals surface area contributed by atoms with Gasteiger partial charge < -0.3 is 10.8 Å². The fourth-order valence-electron chi connectivity index (χ4n) is 1.46. The Bertz CT molecular complexity index is 538. The van der Waals surface area contributed by atoms with Crippen molar-refractivity contribution < 1.29 is 9.90 Å². The molecule has 0 spiro atoms. The zero-order chi connectivity index (χ0) is 11.5. The number of anilines is 1. The number of nitrogens with two attached hydrogens (primary N) is 1. The summed E-state index contributed by atoms with van der Waals surface area (Å²) >= 11 is 0. The van der Waals surface area contributed by atoms with E-state index in [1.54, 1.807) is 36.5 Å². The summed E-state index contributed by atoms with van der Waals surface area (Å²) in [5, 5.41) is 8.87. The number of nitrogen functional groups attached to an aromatic ring is 1. The Morgan fingerprint density at radius 3 is 2.62 bits per heavy atom. The highest BCUT2D eigenvalue weighted by molar-refractivity contribution is 5.89. The van der Waals surface area contributed by atoms with Gasteiger partial charge in [-0.05, 0) is 35.4 Å². The van der Waals surface area contributed by atoms with Crippen LogP contribution in [0.2, 0.25) is 0 Å². The molecule has 0 bridgehead atoms. The molecule has 2 aromatic rings. The first kappa shape index (κ1) is 10.2. The molecular weight excluding hydrogens is 204 g/mol. The van der Waals surface area contributed by atoms with Gasteiger partial charge in [0.05, 0.1) is 5.56 Å². The van der Waals surface area contributed by atoms with E-state index in [1.807, 2.05) is 6.07 Å². The van der Waals surface area contributed by atoms with Crippen molar-refractivity contribution in [3.8, 4) is 11.1 Å². The van der Waals surface area contributed by atoms with E-state index in [0.29, 0.717) is 5.82 Å². The number of hydrogen-bond acceptors (Lipinski definition) is 3. The maximum atomic E-state index is 10.8. The minimum Gasteiger partial charge on any atom is -0.478 e. The number of pyridine rings is 1. The van der Waals surface area contributed by atoms with Gasteiger partial charge in [-0.25, -0.2) is 9.78 Å². The quantitative estimate of drug-likeness (QED) is 0.801. The fraction of sp³-hybridized carbons (Fsp3) is 0. The average molecular weight is 214 g/mol. The second-order valence-electron chi connectivity index (χ2n) is 3.36. The van der Waals surface area contributed by atoms with Gasteiger partial charge in [0.1, 0.15) is 5.82 Å². The van der Waals surface area contributed by atoms with E-state index in [9.17, 15) is 4.79 Å². The first-order chi connectivity index (χ1) is 7.66. The summed E-state index contributed by atoms with van der Waals surface area (Å²) in [5.74, 6) is -0.526. The van der Waals surface area contributed by atoms with Crippen molar-refractivity contribution >= 4 is 11.8 Å². The van der Waals surface area contributed by atoms with E-state index in [0.717, 1.165) is 11.1 Å². The topological polar surface area (TPSA) is 76.2 Å². The Hall–Kier alpha value is -2.36. The largest absolute Gasteiger partial charge is 0.478 e. The van der Waals surface area contributed by atoms with Crippen LogP contribution in [-0.4, -0.2) is 16.1 Å². The molecule has 80 valence electrons. The van der Waals surface area contributed by atoms with Crippen LogP contribution in [0.15, 0.2) is 42.6 Å². The molecule has 0 fully saturated rings.